The highest BCUT2D eigenvalue weighted by Gasteiger charge is 1.95. The zero-order chi connectivity index (χ0) is 17.3. The molecule has 0 aliphatic carbocycles. The molecule has 4 heteroatoms. The van der Waals surface area contributed by atoms with Crippen LogP contribution in [0.2, 0.25) is 0 Å². The molecule has 1 amide bonds. The van der Waals surface area contributed by atoms with Crippen molar-refractivity contribution >= 4 is 11.7 Å². The summed E-state index contributed by atoms with van der Waals surface area (Å²) in [4.78, 5) is 17.5. The summed E-state index contributed by atoms with van der Waals surface area (Å²) in [6.07, 6.45) is 14.1. The smallest absolute Gasteiger partial charge is 0.243 e. The number of nitrogens with zero attached hydrogens (tertiary/aromatic N) is 2. The van der Waals surface area contributed by atoms with E-state index in [1.165, 1.54) is 63.9 Å². The van der Waals surface area contributed by atoms with Gasteiger partial charge in [-0.15, -0.1) is 0 Å². The predicted octanol–water partition coefficient (Wildman–Crippen LogP) is 4.17. The van der Waals surface area contributed by atoms with E-state index in [9.17, 15) is 4.79 Å². The molecule has 0 saturated carbocycles. The summed E-state index contributed by atoms with van der Waals surface area (Å²) in [6, 6.07) is 0. The fourth-order valence-corrected chi connectivity index (χ4v) is 2.32. The number of carbonyl (C=O) groups excluding carboxylic acids is 1. The largest absolute Gasteiger partial charge is 0.367 e. The van der Waals surface area contributed by atoms with Crippen molar-refractivity contribution in [2.24, 2.45) is 4.99 Å². The Morgan fingerprint density at radius 3 is 1.91 bits per heavy atom. The van der Waals surface area contributed by atoms with Gasteiger partial charge in [-0.25, -0.2) is 0 Å². The Kier molecular flexibility index (Phi) is 14.7. The lowest BCUT2D eigenvalue weighted by molar-refractivity contribution is -0.116. The SMILES string of the molecule is C=CC(=O)NCCCCCCCCCCCCN=C(C)N(C)C. The van der Waals surface area contributed by atoms with E-state index in [0.717, 1.165) is 25.3 Å². The van der Waals surface area contributed by atoms with Crippen LogP contribution in [0.4, 0.5) is 0 Å². The van der Waals surface area contributed by atoms with Crippen molar-refractivity contribution in [3.63, 3.8) is 0 Å². The summed E-state index contributed by atoms with van der Waals surface area (Å²) in [5.41, 5.74) is 0. The molecule has 0 atom stereocenters. The van der Waals surface area contributed by atoms with Crippen molar-refractivity contribution in [1.29, 1.82) is 0 Å². The first-order chi connectivity index (χ1) is 11.1. The zero-order valence-corrected chi connectivity index (χ0v) is 15.6. The molecule has 0 bridgehead atoms. The molecule has 0 heterocycles. The zero-order valence-electron chi connectivity index (χ0n) is 15.6. The topological polar surface area (TPSA) is 44.7 Å². The molecule has 0 aliphatic heterocycles. The number of carbonyl (C=O) groups is 1. The van der Waals surface area contributed by atoms with Crippen molar-refractivity contribution < 1.29 is 4.79 Å². The summed E-state index contributed by atoms with van der Waals surface area (Å²) >= 11 is 0. The average Bonchev–Trinajstić information content (AvgIpc) is 2.54. The van der Waals surface area contributed by atoms with Gasteiger partial charge in [0.1, 0.15) is 0 Å². The minimum atomic E-state index is -0.0624. The van der Waals surface area contributed by atoms with Gasteiger partial charge < -0.3 is 10.2 Å². The molecule has 0 aromatic carbocycles. The number of rotatable bonds is 14. The van der Waals surface area contributed by atoms with Crippen LogP contribution in [-0.4, -0.2) is 43.8 Å². The van der Waals surface area contributed by atoms with Crippen LogP contribution in [0.5, 0.6) is 0 Å². The lowest BCUT2D eigenvalue weighted by Gasteiger charge is -2.10. The highest BCUT2D eigenvalue weighted by Crippen LogP contribution is 2.10. The Bertz CT molecular complexity index is 338. The summed E-state index contributed by atoms with van der Waals surface area (Å²) in [5, 5.41) is 2.81. The Morgan fingerprint density at radius 1 is 0.957 bits per heavy atom. The fourth-order valence-electron chi connectivity index (χ4n) is 2.32. The highest BCUT2D eigenvalue weighted by molar-refractivity contribution is 5.86. The van der Waals surface area contributed by atoms with Crippen LogP contribution < -0.4 is 5.32 Å². The second-order valence-corrected chi connectivity index (χ2v) is 6.35. The minimum Gasteiger partial charge on any atom is -0.367 e. The second-order valence-electron chi connectivity index (χ2n) is 6.35. The van der Waals surface area contributed by atoms with E-state index in [-0.39, 0.29) is 5.91 Å². The number of hydrogen-bond acceptors (Lipinski definition) is 2. The second kappa shape index (κ2) is 15.6. The molecule has 134 valence electrons. The first-order valence-corrected chi connectivity index (χ1v) is 9.16. The standard InChI is InChI=1S/C19H37N3O/c1-5-19(23)21-17-15-13-11-9-7-6-8-10-12-14-16-20-18(2)22(3)4/h5H,1,6-17H2,2-4H3,(H,21,23). The first kappa shape index (κ1) is 21.7. The average molecular weight is 324 g/mol. The van der Waals surface area contributed by atoms with Crippen LogP contribution in [0.25, 0.3) is 0 Å². The molecule has 0 rings (SSSR count). The third-order valence-corrected chi connectivity index (χ3v) is 4.06. The van der Waals surface area contributed by atoms with Gasteiger partial charge in [0.25, 0.3) is 0 Å². The summed E-state index contributed by atoms with van der Waals surface area (Å²) in [6.45, 7) is 7.24. The van der Waals surface area contributed by atoms with E-state index in [0.29, 0.717) is 0 Å². The van der Waals surface area contributed by atoms with E-state index < -0.39 is 0 Å². The lowest BCUT2D eigenvalue weighted by Crippen LogP contribution is -2.21. The van der Waals surface area contributed by atoms with Crippen LogP contribution in [0.1, 0.15) is 71.1 Å². The molecular formula is C19H37N3O. The third kappa shape index (κ3) is 15.4. The van der Waals surface area contributed by atoms with E-state index in [1.807, 2.05) is 14.1 Å². The molecule has 0 aromatic rings. The van der Waals surface area contributed by atoms with Gasteiger partial charge in [0, 0.05) is 27.2 Å². The van der Waals surface area contributed by atoms with Crippen molar-refractivity contribution in [1.82, 2.24) is 10.2 Å². The Hall–Kier alpha value is -1.32. The molecule has 0 spiro atoms. The van der Waals surface area contributed by atoms with Gasteiger partial charge >= 0.3 is 0 Å². The van der Waals surface area contributed by atoms with Gasteiger partial charge in [0.05, 0.1) is 5.84 Å². The molecule has 4 nitrogen and oxygen atoms in total. The Morgan fingerprint density at radius 2 is 1.43 bits per heavy atom. The van der Waals surface area contributed by atoms with Crippen LogP contribution in [0.15, 0.2) is 17.6 Å². The molecule has 0 radical (unpaired) electrons. The Labute approximate surface area is 143 Å². The van der Waals surface area contributed by atoms with Crippen molar-refractivity contribution in [3.8, 4) is 0 Å². The van der Waals surface area contributed by atoms with Crippen LogP contribution in [0, 0.1) is 0 Å². The van der Waals surface area contributed by atoms with Crippen molar-refractivity contribution in [2.45, 2.75) is 71.1 Å². The van der Waals surface area contributed by atoms with Gasteiger partial charge in [-0.3, -0.25) is 9.79 Å². The normalized spacial score (nSPS) is 11.3. The van der Waals surface area contributed by atoms with Gasteiger partial charge in [0.2, 0.25) is 5.91 Å². The summed E-state index contributed by atoms with van der Waals surface area (Å²) in [7, 11) is 4.08. The maximum atomic E-state index is 10.9. The number of aliphatic imine (C=N–C) groups is 1. The number of nitrogens with one attached hydrogen (secondary N) is 1. The number of unbranched alkanes of at least 4 members (excludes halogenated alkanes) is 9. The van der Waals surface area contributed by atoms with Gasteiger partial charge in [-0.2, -0.15) is 0 Å². The monoisotopic (exact) mass is 323 g/mol. The Balaban J connectivity index is 3.18. The molecule has 0 fully saturated rings. The highest BCUT2D eigenvalue weighted by atomic mass is 16.1. The first-order valence-electron chi connectivity index (χ1n) is 9.16. The molecule has 0 unspecified atom stereocenters. The lowest BCUT2D eigenvalue weighted by atomic mass is 10.1. The molecule has 0 aromatic heterocycles. The van der Waals surface area contributed by atoms with Gasteiger partial charge in [-0.1, -0.05) is 57.9 Å². The van der Waals surface area contributed by atoms with Crippen molar-refractivity contribution in [2.75, 3.05) is 27.2 Å². The maximum absolute atomic E-state index is 10.9. The van der Waals surface area contributed by atoms with E-state index in [1.54, 1.807) is 0 Å². The van der Waals surface area contributed by atoms with Crippen molar-refractivity contribution in [3.05, 3.63) is 12.7 Å². The number of amides is 1. The van der Waals surface area contributed by atoms with Crippen LogP contribution in [-0.2, 0) is 4.79 Å². The van der Waals surface area contributed by atoms with E-state index in [2.05, 4.69) is 28.7 Å². The molecular weight excluding hydrogens is 286 g/mol. The third-order valence-electron chi connectivity index (χ3n) is 4.06. The van der Waals surface area contributed by atoms with Crippen LogP contribution >= 0.6 is 0 Å². The van der Waals surface area contributed by atoms with Crippen LogP contribution in [0.3, 0.4) is 0 Å². The molecule has 1 N–H and O–H groups in total. The van der Waals surface area contributed by atoms with E-state index in [4.69, 9.17) is 0 Å². The molecule has 0 aliphatic rings. The molecule has 0 saturated heterocycles. The van der Waals surface area contributed by atoms with E-state index >= 15 is 0 Å². The predicted molar refractivity (Wildman–Crippen MR) is 101 cm³/mol. The van der Waals surface area contributed by atoms with Gasteiger partial charge in [0.15, 0.2) is 0 Å². The molecule has 23 heavy (non-hydrogen) atoms. The quantitative estimate of drug-likeness (QED) is 0.226. The van der Waals surface area contributed by atoms with Gasteiger partial charge in [-0.05, 0) is 25.8 Å². The maximum Gasteiger partial charge on any atom is 0.243 e. The summed E-state index contributed by atoms with van der Waals surface area (Å²) in [5.74, 6) is 1.06. The minimum absolute atomic E-state index is 0.0624. The number of hydrogen-bond donors (Lipinski definition) is 1. The summed E-state index contributed by atoms with van der Waals surface area (Å²) < 4.78 is 0. The fraction of sp³-hybridized carbons (Fsp3) is 0.789. The number of amidine groups is 1.